The second-order valence-corrected chi connectivity index (χ2v) is 4.44. The largest absolute Gasteiger partial charge is 0.481 e. The van der Waals surface area contributed by atoms with Crippen molar-refractivity contribution in [3.05, 3.63) is 35.4 Å². The number of hydrogen-bond acceptors (Lipinski definition) is 3. The molecule has 104 valence electrons. The average molecular weight is 264 g/mol. The van der Waals surface area contributed by atoms with Crippen molar-refractivity contribution in [3.63, 3.8) is 0 Å². The van der Waals surface area contributed by atoms with Crippen LogP contribution >= 0.6 is 0 Å². The van der Waals surface area contributed by atoms with E-state index in [-0.39, 0.29) is 12.3 Å². The van der Waals surface area contributed by atoms with Crippen LogP contribution in [0.15, 0.2) is 24.3 Å². The number of carbonyl (C=O) groups is 2. The van der Waals surface area contributed by atoms with Crippen molar-refractivity contribution in [2.75, 3.05) is 6.54 Å². The van der Waals surface area contributed by atoms with Crippen LogP contribution in [0, 0.1) is 0 Å². The molecule has 0 aliphatic rings. The zero-order chi connectivity index (χ0) is 14.1. The maximum atomic E-state index is 10.7. The Bertz CT molecular complexity index is 432. The summed E-state index contributed by atoms with van der Waals surface area (Å²) in [6.07, 6.45) is 2.11. The van der Waals surface area contributed by atoms with Crippen LogP contribution in [0.1, 0.15) is 30.4 Å². The minimum Gasteiger partial charge on any atom is -0.481 e. The summed E-state index contributed by atoms with van der Waals surface area (Å²) in [6.45, 7) is 1.43. The van der Waals surface area contributed by atoms with Gasteiger partial charge in [0.05, 0.1) is 6.42 Å². The molecule has 0 aromatic heterocycles. The van der Waals surface area contributed by atoms with Gasteiger partial charge < -0.3 is 16.2 Å². The third-order valence-electron chi connectivity index (χ3n) is 2.80. The van der Waals surface area contributed by atoms with E-state index in [9.17, 15) is 9.59 Å². The first kappa shape index (κ1) is 15.2. The molecule has 5 nitrogen and oxygen atoms in total. The molecule has 0 saturated heterocycles. The SMILES string of the molecule is NC(=O)CCCCNCc1ccccc1CC(=O)O. The van der Waals surface area contributed by atoms with E-state index in [0.29, 0.717) is 13.0 Å². The van der Waals surface area contributed by atoms with Crippen molar-refractivity contribution in [1.82, 2.24) is 5.32 Å². The van der Waals surface area contributed by atoms with Gasteiger partial charge in [0.2, 0.25) is 5.91 Å². The van der Waals surface area contributed by atoms with E-state index in [2.05, 4.69) is 5.32 Å². The zero-order valence-corrected chi connectivity index (χ0v) is 10.9. The molecule has 0 aliphatic heterocycles. The van der Waals surface area contributed by atoms with Gasteiger partial charge in [-0.25, -0.2) is 0 Å². The number of amides is 1. The number of rotatable bonds is 9. The highest BCUT2D eigenvalue weighted by atomic mass is 16.4. The molecule has 1 aromatic carbocycles. The van der Waals surface area contributed by atoms with Gasteiger partial charge in [-0.1, -0.05) is 24.3 Å². The molecule has 5 heteroatoms. The Labute approximate surface area is 112 Å². The lowest BCUT2D eigenvalue weighted by atomic mass is 10.0. The van der Waals surface area contributed by atoms with Gasteiger partial charge in [0, 0.05) is 13.0 Å². The van der Waals surface area contributed by atoms with Crippen LogP contribution in [0.3, 0.4) is 0 Å². The smallest absolute Gasteiger partial charge is 0.307 e. The Morgan fingerprint density at radius 3 is 2.47 bits per heavy atom. The number of unbranched alkanes of at least 4 members (excludes halogenated alkanes) is 1. The summed E-state index contributed by atoms with van der Waals surface area (Å²) in [5, 5.41) is 12.1. The van der Waals surface area contributed by atoms with Crippen LogP contribution in [-0.4, -0.2) is 23.5 Å². The van der Waals surface area contributed by atoms with Crippen LogP contribution in [0.4, 0.5) is 0 Å². The maximum Gasteiger partial charge on any atom is 0.307 e. The van der Waals surface area contributed by atoms with Crippen LogP contribution in [-0.2, 0) is 22.6 Å². The lowest BCUT2D eigenvalue weighted by Gasteiger charge is -2.09. The highest BCUT2D eigenvalue weighted by Crippen LogP contribution is 2.09. The number of nitrogens with two attached hydrogens (primary N) is 1. The number of carbonyl (C=O) groups excluding carboxylic acids is 1. The number of carboxylic acids is 1. The molecule has 0 bridgehead atoms. The summed E-state index contributed by atoms with van der Waals surface area (Å²) in [5.74, 6) is -1.10. The van der Waals surface area contributed by atoms with Gasteiger partial charge in [0.15, 0.2) is 0 Å². The topological polar surface area (TPSA) is 92.4 Å². The molecule has 0 fully saturated rings. The Hall–Kier alpha value is -1.88. The molecule has 0 saturated carbocycles. The van der Waals surface area contributed by atoms with Crippen molar-refractivity contribution < 1.29 is 14.7 Å². The second kappa shape index (κ2) is 8.26. The molecule has 1 aromatic rings. The van der Waals surface area contributed by atoms with Gasteiger partial charge in [-0.3, -0.25) is 9.59 Å². The highest BCUT2D eigenvalue weighted by molar-refractivity contribution is 5.73. The average Bonchev–Trinajstić information content (AvgIpc) is 2.34. The Morgan fingerprint density at radius 1 is 1.16 bits per heavy atom. The lowest BCUT2D eigenvalue weighted by Crippen LogP contribution is -2.17. The number of benzene rings is 1. The fourth-order valence-corrected chi connectivity index (χ4v) is 1.84. The molecule has 19 heavy (non-hydrogen) atoms. The number of aliphatic carboxylic acids is 1. The van der Waals surface area contributed by atoms with E-state index >= 15 is 0 Å². The fraction of sp³-hybridized carbons (Fsp3) is 0.429. The summed E-state index contributed by atoms with van der Waals surface area (Å²) < 4.78 is 0. The number of primary amides is 1. The third kappa shape index (κ3) is 6.57. The van der Waals surface area contributed by atoms with E-state index in [1.165, 1.54) is 0 Å². The quantitative estimate of drug-likeness (QED) is 0.581. The van der Waals surface area contributed by atoms with E-state index < -0.39 is 5.97 Å². The van der Waals surface area contributed by atoms with Crippen molar-refractivity contribution in [3.8, 4) is 0 Å². The molecule has 0 atom stereocenters. The zero-order valence-electron chi connectivity index (χ0n) is 10.9. The second-order valence-electron chi connectivity index (χ2n) is 4.44. The Morgan fingerprint density at radius 2 is 1.84 bits per heavy atom. The molecular weight excluding hydrogens is 244 g/mol. The summed E-state index contributed by atoms with van der Waals surface area (Å²) in [5.41, 5.74) is 6.88. The minimum atomic E-state index is -0.825. The monoisotopic (exact) mass is 264 g/mol. The van der Waals surface area contributed by atoms with Crippen molar-refractivity contribution in [1.29, 1.82) is 0 Å². The highest BCUT2D eigenvalue weighted by Gasteiger charge is 2.05. The predicted molar refractivity (Wildman–Crippen MR) is 72.5 cm³/mol. The van der Waals surface area contributed by atoms with Crippen LogP contribution < -0.4 is 11.1 Å². The van der Waals surface area contributed by atoms with Crippen molar-refractivity contribution in [2.45, 2.75) is 32.2 Å². The normalized spacial score (nSPS) is 10.3. The number of nitrogens with one attached hydrogen (secondary N) is 1. The van der Waals surface area contributed by atoms with Gasteiger partial charge in [0.25, 0.3) is 0 Å². The van der Waals surface area contributed by atoms with Crippen molar-refractivity contribution in [2.24, 2.45) is 5.73 Å². The molecule has 4 N–H and O–H groups in total. The first-order valence-electron chi connectivity index (χ1n) is 6.37. The molecule has 1 rings (SSSR count). The van der Waals surface area contributed by atoms with Gasteiger partial charge >= 0.3 is 5.97 Å². The molecule has 1 amide bonds. The van der Waals surface area contributed by atoms with E-state index in [1.54, 1.807) is 0 Å². The first-order chi connectivity index (χ1) is 9.09. The Balaban J connectivity index is 2.32. The lowest BCUT2D eigenvalue weighted by molar-refractivity contribution is -0.136. The van der Waals surface area contributed by atoms with Gasteiger partial charge in [0.1, 0.15) is 0 Å². The third-order valence-corrected chi connectivity index (χ3v) is 2.80. The van der Waals surface area contributed by atoms with Crippen LogP contribution in [0.5, 0.6) is 0 Å². The van der Waals surface area contributed by atoms with Crippen LogP contribution in [0.25, 0.3) is 0 Å². The summed E-state index contributed by atoms with van der Waals surface area (Å²) in [7, 11) is 0. The maximum absolute atomic E-state index is 10.7. The Kier molecular flexibility index (Phi) is 6.60. The molecule has 0 heterocycles. The van der Waals surface area contributed by atoms with E-state index in [4.69, 9.17) is 10.8 Å². The fourth-order valence-electron chi connectivity index (χ4n) is 1.84. The van der Waals surface area contributed by atoms with Gasteiger partial charge in [-0.05, 0) is 30.5 Å². The van der Waals surface area contributed by atoms with Crippen LogP contribution in [0.2, 0.25) is 0 Å². The summed E-state index contributed by atoms with van der Waals surface area (Å²) in [6, 6.07) is 7.50. The minimum absolute atomic E-state index is 0.0412. The predicted octanol–water partition coefficient (Wildman–Crippen LogP) is 1.06. The molecule has 0 aliphatic carbocycles. The summed E-state index contributed by atoms with van der Waals surface area (Å²) in [4.78, 5) is 21.3. The molecule has 0 spiro atoms. The van der Waals surface area contributed by atoms with Gasteiger partial charge in [-0.15, -0.1) is 0 Å². The molecular formula is C14H20N2O3. The first-order valence-corrected chi connectivity index (χ1v) is 6.37. The summed E-state index contributed by atoms with van der Waals surface area (Å²) >= 11 is 0. The van der Waals surface area contributed by atoms with Crippen molar-refractivity contribution >= 4 is 11.9 Å². The van der Waals surface area contributed by atoms with Gasteiger partial charge in [-0.2, -0.15) is 0 Å². The van der Waals surface area contributed by atoms with E-state index in [1.807, 2.05) is 24.3 Å². The molecule has 0 radical (unpaired) electrons. The van der Waals surface area contributed by atoms with E-state index in [0.717, 1.165) is 30.5 Å². The number of hydrogen-bond donors (Lipinski definition) is 3. The molecule has 0 unspecified atom stereocenters. The number of carboxylic acid groups (broad SMARTS) is 1. The standard InChI is InChI=1S/C14H20N2O3/c15-13(17)7-3-4-8-16-10-12-6-2-1-5-11(12)9-14(18)19/h1-2,5-6,16H,3-4,7-10H2,(H2,15,17)(H,18,19).